The minimum absolute atomic E-state index is 0.164. The van der Waals surface area contributed by atoms with Crippen molar-refractivity contribution in [3.8, 4) is 0 Å². The summed E-state index contributed by atoms with van der Waals surface area (Å²) in [5.41, 5.74) is 8.63. The zero-order valence-electron chi connectivity index (χ0n) is 14.4. The SMILES string of the molecule is NCCn1nc(C2CCN(Cc3ccc(Cl)c(F)c3)C2)c2cccnc21. The number of aromatic nitrogens is 3. The first kappa shape index (κ1) is 17.4. The predicted molar refractivity (Wildman–Crippen MR) is 101 cm³/mol. The van der Waals surface area contributed by atoms with Crippen LogP contribution in [0, 0.1) is 5.82 Å². The van der Waals surface area contributed by atoms with Crippen molar-refractivity contribution < 1.29 is 4.39 Å². The van der Waals surface area contributed by atoms with Crippen LogP contribution in [0.5, 0.6) is 0 Å². The maximum Gasteiger partial charge on any atom is 0.158 e. The van der Waals surface area contributed by atoms with Crippen molar-refractivity contribution in [1.82, 2.24) is 19.7 Å². The smallest absolute Gasteiger partial charge is 0.158 e. The van der Waals surface area contributed by atoms with E-state index in [-0.39, 0.29) is 10.8 Å². The lowest BCUT2D eigenvalue weighted by molar-refractivity contribution is 0.325. The van der Waals surface area contributed by atoms with Gasteiger partial charge in [0.05, 0.1) is 17.3 Å². The van der Waals surface area contributed by atoms with E-state index in [1.54, 1.807) is 12.3 Å². The highest BCUT2D eigenvalue weighted by Crippen LogP contribution is 2.32. The molecule has 1 atom stereocenters. The molecule has 1 saturated heterocycles. The first-order valence-corrected chi connectivity index (χ1v) is 9.21. The van der Waals surface area contributed by atoms with Crippen molar-refractivity contribution in [1.29, 1.82) is 0 Å². The van der Waals surface area contributed by atoms with E-state index in [0.717, 1.165) is 41.8 Å². The largest absolute Gasteiger partial charge is 0.329 e. The lowest BCUT2D eigenvalue weighted by atomic mass is 10.0. The summed E-state index contributed by atoms with van der Waals surface area (Å²) < 4.78 is 15.6. The van der Waals surface area contributed by atoms with Crippen LogP contribution >= 0.6 is 11.6 Å². The zero-order chi connectivity index (χ0) is 18.1. The van der Waals surface area contributed by atoms with Gasteiger partial charge in [0, 0.05) is 37.1 Å². The number of pyridine rings is 1. The van der Waals surface area contributed by atoms with Crippen LogP contribution in [-0.2, 0) is 13.1 Å². The molecular weight excluding hydrogens is 353 g/mol. The summed E-state index contributed by atoms with van der Waals surface area (Å²) >= 11 is 5.77. The number of nitrogens with two attached hydrogens (primary N) is 1. The third kappa shape index (κ3) is 3.32. The average molecular weight is 374 g/mol. The molecule has 7 heteroatoms. The van der Waals surface area contributed by atoms with Gasteiger partial charge in [-0.25, -0.2) is 14.1 Å². The van der Waals surface area contributed by atoms with E-state index < -0.39 is 0 Å². The highest BCUT2D eigenvalue weighted by atomic mass is 35.5. The molecule has 0 radical (unpaired) electrons. The molecule has 3 heterocycles. The molecule has 0 amide bonds. The number of hydrogen-bond donors (Lipinski definition) is 1. The molecule has 0 bridgehead atoms. The van der Waals surface area contributed by atoms with E-state index in [0.29, 0.717) is 25.6 Å². The summed E-state index contributed by atoms with van der Waals surface area (Å²) in [5, 5.41) is 6.06. The number of nitrogens with zero attached hydrogens (tertiary/aromatic N) is 4. The fourth-order valence-electron chi connectivity index (χ4n) is 3.71. The Morgan fingerprint density at radius 2 is 2.19 bits per heavy atom. The third-order valence-electron chi connectivity index (χ3n) is 4.93. The van der Waals surface area contributed by atoms with Gasteiger partial charge in [-0.1, -0.05) is 17.7 Å². The maximum absolute atomic E-state index is 13.7. The Kier molecular flexibility index (Phi) is 4.89. The van der Waals surface area contributed by atoms with Gasteiger partial charge in [0.25, 0.3) is 0 Å². The molecule has 26 heavy (non-hydrogen) atoms. The maximum atomic E-state index is 13.7. The second-order valence-electron chi connectivity index (χ2n) is 6.74. The number of rotatable bonds is 5. The van der Waals surface area contributed by atoms with Gasteiger partial charge in [-0.05, 0) is 42.8 Å². The molecule has 2 N–H and O–H groups in total. The van der Waals surface area contributed by atoms with Crippen molar-refractivity contribution in [2.24, 2.45) is 5.73 Å². The number of halogens is 2. The monoisotopic (exact) mass is 373 g/mol. The molecule has 1 fully saturated rings. The van der Waals surface area contributed by atoms with Crippen molar-refractivity contribution in [2.45, 2.75) is 25.4 Å². The van der Waals surface area contributed by atoms with E-state index >= 15 is 0 Å². The van der Waals surface area contributed by atoms with Gasteiger partial charge in [0.15, 0.2) is 5.65 Å². The second kappa shape index (κ2) is 7.31. The van der Waals surface area contributed by atoms with Crippen LogP contribution < -0.4 is 5.73 Å². The molecule has 136 valence electrons. The highest BCUT2D eigenvalue weighted by molar-refractivity contribution is 6.30. The number of benzene rings is 1. The van der Waals surface area contributed by atoms with Gasteiger partial charge < -0.3 is 5.73 Å². The summed E-state index contributed by atoms with van der Waals surface area (Å²) in [7, 11) is 0. The summed E-state index contributed by atoms with van der Waals surface area (Å²) in [4.78, 5) is 6.80. The van der Waals surface area contributed by atoms with Gasteiger partial charge in [-0.2, -0.15) is 5.10 Å². The molecule has 0 spiro atoms. The Morgan fingerprint density at radius 1 is 1.31 bits per heavy atom. The van der Waals surface area contributed by atoms with Gasteiger partial charge in [0.2, 0.25) is 0 Å². The first-order chi connectivity index (χ1) is 12.7. The summed E-state index contributed by atoms with van der Waals surface area (Å²) in [6.07, 6.45) is 2.82. The minimum Gasteiger partial charge on any atom is -0.329 e. The Hall–Kier alpha value is -2.02. The highest BCUT2D eigenvalue weighted by Gasteiger charge is 2.28. The number of hydrogen-bond acceptors (Lipinski definition) is 4. The quantitative estimate of drug-likeness (QED) is 0.746. The summed E-state index contributed by atoms with van der Waals surface area (Å²) in [5.74, 6) is -0.0182. The Morgan fingerprint density at radius 3 is 3.00 bits per heavy atom. The number of likely N-dealkylation sites (tertiary alicyclic amines) is 1. The lowest BCUT2D eigenvalue weighted by Gasteiger charge is -2.16. The van der Waals surface area contributed by atoms with Gasteiger partial charge in [-0.3, -0.25) is 4.90 Å². The Labute approximate surface area is 156 Å². The van der Waals surface area contributed by atoms with E-state index in [1.165, 1.54) is 6.07 Å². The van der Waals surface area contributed by atoms with E-state index in [1.807, 2.05) is 16.8 Å². The van der Waals surface area contributed by atoms with Crippen LogP contribution in [-0.4, -0.2) is 39.3 Å². The van der Waals surface area contributed by atoms with Gasteiger partial charge >= 0.3 is 0 Å². The van der Waals surface area contributed by atoms with Crippen molar-refractivity contribution in [3.05, 3.63) is 58.6 Å². The van der Waals surface area contributed by atoms with Crippen molar-refractivity contribution in [3.63, 3.8) is 0 Å². The topological polar surface area (TPSA) is 60.0 Å². The van der Waals surface area contributed by atoms with Crippen LogP contribution in [0.4, 0.5) is 4.39 Å². The standard InChI is InChI=1S/C19H21ClFN5/c20-16-4-3-13(10-17(16)21)11-25-8-5-14(12-25)18-15-2-1-7-23-19(15)26(24-18)9-6-22/h1-4,7,10,14H,5-6,8-9,11-12,22H2. The van der Waals surface area contributed by atoms with E-state index in [4.69, 9.17) is 22.4 Å². The predicted octanol–water partition coefficient (Wildman–Crippen LogP) is 3.17. The molecule has 3 aromatic rings. The zero-order valence-corrected chi connectivity index (χ0v) is 15.2. The molecule has 1 aliphatic heterocycles. The molecule has 2 aromatic heterocycles. The fraction of sp³-hybridized carbons (Fsp3) is 0.368. The second-order valence-corrected chi connectivity index (χ2v) is 7.15. The van der Waals surface area contributed by atoms with Crippen LogP contribution in [0.2, 0.25) is 5.02 Å². The number of fused-ring (bicyclic) bond motifs is 1. The van der Waals surface area contributed by atoms with E-state index in [2.05, 4.69) is 16.0 Å². The Balaban J connectivity index is 1.53. The Bertz CT molecular complexity index is 925. The molecule has 1 aliphatic rings. The normalized spacial score (nSPS) is 18.0. The van der Waals surface area contributed by atoms with E-state index in [9.17, 15) is 4.39 Å². The third-order valence-corrected chi connectivity index (χ3v) is 5.23. The summed E-state index contributed by atoms with van der Waals surface area (Å²) in [6, 6.07) is 9.05. The van der Waals surface area contributed by atoms with Crippen LogP contribution in [0.25, 0.3) is 11.0 Å². The summed E-state index contributed by atoms with van der Waals surface area (Å²) in [6.45, 7) is 3.76. The molecule has 5 nitrogen and oxygen atoms in total. The van der Waals surface area contributed by atoms with Gasteiger partial charge in [-0.15, -0.1) is 0 Å². The lowest BCUT2D eigenvalue weighted by Crippen LogP contribution is -2.20. The van der Waals surface area contributed by atoms with Crippen LogP contribution in [0.15, 0.2) is 36.5 Å². The van der Waals surface area contributed by atoms with Crippen LogP contribution in [0.3, 0.4) is 0 Å². The minimum atomic E-state index is -0.363. The van der Waals surface area contributed by atoms with Crippen LogP contribution in [0.1, 0.15) is 23.6 Å². The van der Waals surface area contributed by atoms with Crippen molar-refractivity contribution in [2.75, 3.05) is 19.6 Å². The molecule has 0 saturated carbocycles. The van der Waals surface area contributed by atoms with Gasteiger partial charge in [0.1, 0.15) is 5.82 Å². The molecular formula is C19H21ClFN5. The molecule has 0 aliphatic carbocycles. The molecule has 1 unspecified atom stereocenters. The fourth-order valence-corrected chi connectivity index (χ4v) is 3.83. The molecule has 1 aromatic carbocycles. The average Bonchev–Trinajstić information content (AvgIpc) is 3.24. The first-order valence-electron chi connectivity index (χ1n) is 8.83. The molecule has 4 rings (SSSR count). The van der Waals surface area contributed by atoms with Crippen molar-refractivity contribution >= 4 is 22.6 Å².